The Morgan fingerprint density at radius 2 is 2.46 bits per heavy atom. The molecule has 0 spiro atoms. The first-order chi connectivity index (χ1) is 6.16. The van der Waals surface area contributed by atoms with Gasteiger partial charge in [-0.05, 0) is 6.92 Å². The number of aliphatic imine (C=N–C) groups is 1. The zero-order chi connectivity index (χ0) is 9.84. The summed E-state index contributed by atoms with van der Waals surface area (Å²) in [7, 11) is -2.72. The van der Waals surface area contributed by atoms with Crippen LogP contribution in [0.1, 0.15) is 6.92 Å². The van der Waals surface area contributed by atoms with Gasteiger partial charge in [0.2, 0.25) is 8.03 Å². The number of nitrogens with one attached hydrogen (secondary N) is 1. The molecule has 1 aliphatic heterocycles. The van der Waals surface area contributed by atoms with Crippen LogP contribution >= 0.6 is 19.8 Å². The van der Waals surface area contributed by atoms with Crippen molar-refractivity contribution in [2.24, 2.45) is 10.8 Å². The van der Waals surface area contributed by atoms with Crippen molar-refractivity contribution in [1.29, 1.82) is 0 Å². The lowest BCUT2D eigenvalue weighted by atomic mass is 10.3. The topological polar surface area (TPSA) is 87.7 Å². The van der Waals surface area contributed by atoms with Crippen LogP contribution in [0.5, 0.6) is 0 Å². The highest BCUT2D eigenvalue weighted by atomic mass is 32.2. The largest absolute Gasteiger partial charge is 0.343 e. The zero-order valence-corrected chi connectivity index (χ0v) is 9.02. The number of nitrogens with zero attached hydrogens (tertiary/aromatic N) is 1. The van der Waals surface area contributed by atoms with E-state index in [2.05, 4.69) is 10.4 Å². The van der Waals surface area contributed by atoms with Gasteiger partial charge in [-0.1, -0.05) is 0 Å². The first-order valence-corrected chi connectivity index (χ1v) is 6.20. The summed E-state index contributed by atoms with van der Waals surface area (Å²) in [5.41, 5.74) is 3.66. The molecule has 4 N–H and O–H groups in total. The first kappa shape index (κ1) is 10.8. The fourth-order valence-electron chi connectivity index (χ4n) is 1.06. The van der Waals surface area contributed by atoms with E-state index in [0.29, 0.717) is 28.4 Å². The van der Waals surface area contributed by atoms with Crippen LogP contribution in [0.4, 0.5) is 0 Å². The van der Waals surface area contributed by atoms with Crippen LogP contribution in [0.3, 0.4) is 0 Å². The molecule has 0 bridgehead atoms. The minimum atomic E-state index is -2.72. The summed E-state index contributed by atoms with van der Waals surface area (Å²) in [5.74, 6) is 6.46. The van der Waals surface area contributed by atoms with Gasteiger partial charge in [0.15, 0.2) is 0 Å². The Morgan fingerprint density at radius 1 is 1.77 bits per heavy atom. The summed E-state index contributed by atoms with van der Waals surface area (Å²) in [6.45, 7) is 1.72. The van der Waals surface area contributed by atoms with Crippen LogP contribution in [0.15, 0.2) is 16.0 Å². The number of nitrogens with two attached hydrogens (primary N) is 1. The molecule has 0 aromatic carbocycles. The third-order valence-corrected chi connectivity index (χ3v) is 3.59. The quantitative estimate of drug-likeness (QED) is 0.354. The lowest BCUT2D eigenvalue weighted by Crippen LogP contribution is -2.24. The second-order valence-electron chi connectivity index (χ2n) is 2.52. The summed E-state index contributed by atoms with van der Waals surface area (Å²) in [5, 5.41) is 0.373. The van der Waals surface area contributed by atoms with E-state index >= 15 is 0 Å². The minimum absolute atomic E-state index is 0.373. The summed E-state index contributed by atoms with van der Waals surface area (Å²) in [6.07, 6.45) is 0. The third kappa shape index (κ3) is 2.57. The molecule has 5 nitrogen and oxygen atoms in total. The Morgan fingerprint density at radius 3 is 3.00 bits per heavy atom. The van der Waals surface area contributed by atoms with E-state index in [0.717, 1.165) is 0 Å². The predicted octanol–water partition coefficient (Wildman–Crippen LogP) is 0.294. The van der Waals surface area contributed by atoms with Gasteiger partial charge in [0.1, 0.15) is 0 Å². The van der Waals surface area contributed by atoms with Crippen molar-refractivity contribution in [3.63, 3.8) is 0 Å². The molecule has 1 rings (SSSR count). The van der Waals surface area contributed by atoms with Crippen LogP contribution in [-0.4, -0.2) is 22.2 Å². The number of hydrogen-bond acceptors (Lipinski definition) is 5. The summed E-state index contributed by atoms with van der Waals surface area (Å²) < 4.78 is 11.0. The highest BCUT2D eigenvalue weighted by Gasteiger charge is 2.16. The maximum absolute atomic E-state index is 11.0. The maximum Gasteiger partial charge on any atom is 0.221 e. The third-order valence-electron chi connectivity index (χ3n) is 1.69. The van der Waals surface area contributed by atoms with E-state index in [-0.39, 0.29) is 0 Å². The number of hydrazine groups is 1. The molecule has 1 heterocycles. The monoisotopic (exact) mass is 221 g/mol. The molecule has 74 valence electrons. The fourth-order valence-corrected chi connectivity index (χ4v) is 2.80. The van der Waals surface area contributed by atoms with Gasteiger partial charge in [-0.25, -0.2) is 0 Å². The van der Waals surface area contributed by atoms with Crippen LogP contribution < -0.4 is 11.3 Å². The van der Waals surface area contributed by atoms with Crippen molar-refractivity contribution >= 4 is 25.5 Å². The second-order valence-corrected chi connectivity index (χ2v) is 4.59. The molecule has 7 heteroatoms. The molecule has 1 atom stereocenters. The predicted molar refractivity (Wildman–Crippen MR) is 56.0 cm³/mol. The molecule has 0 radical (unpaired) electrons. The molecule has 0 saturated carbocycles. The van der Waals surface area contributed by atoms with Gasteiger partial charge in [0, 0.05) is 11.5 Å². The normalized spacial score (nSPS) is 20.7. The smallest absolute Gasteiger partial charge is 0.221 e. The van der Waals surface area contributed by atoms with Gasteiger partial charge in [-0.3, -0.25) is 15.4 Å². The number of hydrogen-bond donors (Lipinski definition) is 3. The molecule has 1 aliphatic rings. The molecule has 0 fully saturated rings. The Kier molecular flexibility index (Phi) is 3.99. The molecule has 13 heavy (non-hydrogen) atoms. The van der Waals surface area contributed by atoms with Gasteiger partial charge < -0.3 is 10.3 Å². The van der Waals surface area contributed by atoms with Crippen LogP contribution in [0.25, 0.3) is 0 Å². The van der Waals surface area contributed by atoms with Gasteiger partial charge in [0.05, 0.1) is 16.9 Å². The van der Waals surface area contributed by atoms with Crippen LogP contribution in [-0.2, 0) is 4.57 Å². The van der Waals surface area contributed by atoms with Crippen molar-refractivity contribution in [2.75, 3.05) is 11.6 Å². The SMILES string of the molecule is CC1=NCSCC(NN)=C1[PH](=O)O. The lowest BCUT2D eigenvalue weighted by Gasteiger charge is -2.08. The molecular formula is C6H12N3O2PS. The van der Waals surface area contributed by atoms with E-state index in [1.807, 2.05) is 0 Å². The van der Waals surface area contributed by atoms with E-state index in [1.54, 1.807) is 18.7 Å². The number of rotatable bonds is 2. The molecule has 0 aromatic rings. The zero-order valence-electron chi connectivity index (χ0n) is 7.20. The molecule has 0 aromatic heterocycles. The van der Waals surface area contributed by atoms with Gasteiger partial charge in [-0.2, -0.15) is 0 Å². The van der Waals surface area contributed by atoms with Crippen molar-refractivity contribution in [3.05, 3.63) is 11.0 Å². The number of allylic oxidation sites excluding steroid dienone is 1. The van der Waals surface area contributed by atoms with Gasteiger partial charge in [-0.15, -0.1) is 11.8 Å². The second kappa shape index (κ2) is 4.81. The Balaban J connectivity index is 3.10. The molecule has 0 saturated heterocycles. The van der Waals surface area contributed by atoms with Crippen molar-refractivity contribution in [2.45, 2.75) is 6.92 Å². The van der Waals surface area contributed by atoms with E-state index < -0.39 is 8.03 Å². The average Bonchev–Trinajstić information content (AvgIpc) is 2.26. The van der Waals surface area contributed by atoms with Crippen molar-refractivity contribution in [3.8, 4) is 0 Å². The average molecular weight is 221 g/mol. The maximum atomic E-state index is 11.0. The lowest BCUT2D eigenvalue weighted by molar-refractivity contribution is 0.510. The van der Waals surface area contributed by atoms with E-state index in [4.69, 9.17) is 10.7 Å². The van der Waals surface area contributed by atoms with Crippen LogP contribution in [0.2, 0.25) is 0 Å². The molecular weight excluding hydrogens is 209 g/mol. The highest BCUT2D eigenvalue weighted by molar-refractivity contribution is 7.99. The highest BCUT2D eigenvalue weighted by Crippen LogP contribution is 2.33. The molecule has 0 amide bonds. The summed E-state index contributed by atoms with van der Waals surface area (Å²) in [6, 6.07) is 0. The Hall–Kier alpha value is -0.290. The van der Waals surface area contributed by atoms with Crippen molar-refractivity contribution in [1.82, 2.24) is 5.43 Å². The van der Waals surface area contributed by atoms with Gasteiger partial charge in [0.25, 0.3) is 0 Å². The minimum Gasteiger partial charge on any atom is -0.343 e. The Labute approximate surface area is 81.3 Å². The van der Waals surface area contributed by atoms with Crippen LogP contribution in [0, 0.1) is 0 Å². The Bertz CT molecular complexity index is 290. The van der Waals surface area contributed by atoms with Gasteiger partial charge >= 0.3 is 0 Å². The standard InChI is InChI=1S/C6H12N3O2PS/c1-4-6(12(10)11)5(9-7)2-13-3-8-4/h9,12H,2-3,7H2,1H3,(H,10,11). The molecule has 1 unspecified atom stereocenters. The fraction of sp³-hybridized carbons (Fsp3) is 0.500. The van der Waals surface area contributed by atoms with Crippen molar-refractivity contribution < 1.29 is 9.46 Å². The molecule has 0 aliphatic carbocycles. The first-order valence-electron chi connectivity index (χ1n) is 3.69. The number of thioether (sulfide) groups is 1. The summed E-state index contributed by atoms with van der Waals surface area (Å²) in [4.78, 5) is 13.2. The summed E-state index contributed by atoms with van der Waals surface area (Å²) >= 11 is 1.55. The van der Waals surface area contributed by atoms with E-state index in [1.165, 1.54) is 0 Å². The van der Waals surface area contributed by atoms with E-state index in [9.17, 15) is 4.57 Å².